The molecule has 0 aliphatic rings. The van der Waals surface area contributed by atoms with Crippen LogP contribution in [0, 0.1) is 5.92 Å². The van der Waals surface area contributed by atoms with Gasteiger partial charge in [-0.2, -0.15) is 0 Å². The number of amides is 1. The maximum absolute atomic E-state index is 11.5. The van der Waals surface area contributed by atoms with E-state index >= 15 is 0 Å². The zero-order valence-electron chi connectivity index (χ0n) is 10.3. The number of rotatable bonds is 7. The van der Waals surface area contributed by atoms with Gasteiger partial charge >= 0.3 is 5.97 Å². The van der Waals surface area contributed by atoms with Crippen molar-refractivity contribution in [3.8, 4) is 0 Å². The lowest BCUT2D eigenvalue weighted by molar-refractivity contribution is -0.136. The van der Waals surface area contributed by atoms with E-state index in [0.717, 1.165) is 4.34 Å². The van der Waals surface area contributed by atoms with Crippen molar-refractivity contribution in [3.63, 3.8) is 0 Å². The zero-order valence-corrected chi connectivity index (χ0v) is 11.9. The molecule has 0 atom stereocenters. The number of nitrogens with zero attached hydrogens (tertiary/aromatic N) is 1. The van der Waals surface area contributed by atoms with Gasteiger partial charge in [-0.15, -0.1) is 11.3 Å². The van der Waals surface area contributed by atoms with Crippen LogP contribution in [0.25, 0.3) is 0 Å². The van der Waals surface area contributed by atoms with Gasteiger partial charge in [0.15, 0.2) is 4.34 Å². The van der Waals surface area contributed by atoms with E-state index in [-0.39, 0.29) is 12.3 Å². The van der Waals surface area contributed by atoms with Crippen LogP contribution in [-0.4, -0.2) is 34.3 Å². The van der Waals surface area contributed by atoms with E-state index in [1.807, 2.05) is 13.8 Å². The molecule has 0 aliphatic heterocycles. The number of hydrogen-bond donors (Lipinski definition) is 2. The van der Waals surface area contributed by atoms with Crippen LogP contribution in [0.4, 0.5) is 0 Å². The molecule has 1 amide bonds. The standard InChI is InChI=1S/C11H16N2O3S2/c1-7(2)4-12-9(14)6-18-11-13-8(5-17-11)3-10(15)16/h5,7H,3-4,6H2,1-2H3,(H,12,14)(H,15,16). The van der Waals surface area contributed by atoms with Crippen molar-refractivity contribution < 1.29 is 14.7 Å². The normalized spacial score (nSPS) is 10.6. The highest BCUT2D eigenvalue weighted by atomic mass is 32.2. The van der Waals surface area contributed by atoms with E-state index in [9.17, 15) is 9.59 Å². The lowest BCUT2D eigenvalue weighted by Crippen LogP contribution is -2.28. The SMILES string of the molecule is CC(C)CNC(=O)CSc1nc(CC(=O)O)cs1. The van der Waals surface area contributed by atoms with Crippen LogP contribution >= 0.6 is 23.1 Å². The molecule has 0 spiro atoms. The maximum Gasteiger partial charge on any atom is 0.309 e. The fourth-order valence-electron chi connectivity index (χ4n) is 1.09. The molecular weight excluding hydrogens is 272 g/mol. The van der Waals surface area contributed by atoms with Crippen LogP contribution in [-0.2, 0) is 16.0 Å². The number of aromatic nitrogens is 1. The van der Waals surface area contributed by atoms with Gasteiger partial charge in [-0.1, -0.05) is 25.6 Å². The van der Waals surface area contributed by atoms with E-state index in [4.69, 9.17) is 5.11 Å². The third kappa shape index (κ3) is 6.02. The molecule has 0 unspecified atom stereocenters. The Hall–Kier alpha value is -1.08. The minimum Gasteiger partial charge on any atom is -0.481 e. The molecule has 0 saturated carbocycles. The summed E-state index contributed by atoms with van der Waals surface area (Å²) >= 11 is 2.70. The summed E-state index contributed by atoms with van der Waals surface area (Å²) < 4.78 is 0.728. The number of thiazole rings is 1. The summed E-state index contributed by atoms with van der Waals surface area (Å²) in [5.74, 6) is -0.177. The molecule has 0 bridgehead atoms. The Bertz CT molecular complexity index is 418. The van der Waals surface area contributed by atoms with Crippen molar-refractivity contribution >= 4 is 35.0 Å². The molecule has 1 rings (SSSR count). The summed E-state index contributed by atoms with van der Waals surface area (Å²) in [5.41, 5.74) is 0.539. The van der Waals surface area contributed by atoms with Crippen molar-refractivity contribution in [3.05, 3.63) is 11.1 Å². The summed E-state index contributed by atoms with van der Waals surface area (Å²) in [6.07, 6.45) is -0.0728. The second kappa shape index (κ2) is 7.38. The Balaban J connectivity index is 2.32. The first-order valence-electron chi connectivity index (χ1n) is 5.53. The highest BCUT2D eigenvalue weighted by Gasteiger charge is 2.09. The number of hydrogen-bond acceptors (Lipinski definition) is 5. The van der Waals surface area contributed by atoms with E-state index < -0.39 is 5.97 Å². The topological polar surface area (TPSA) is 79.3 Å². The molecule has 0 fully saturated rings. The molecular formula is C11H16N2O3S2. The van der Waals surface area contributed by atoms with Gasteiger partial charge in [0.05, 0.1) is 17.9 Å². The lowest BCUT2D eigenvalue weighted by Gasteiger charge is -2.06. The highest BCUT2D eigenvalue weighted by molar-refractivity contribution is 8.01. The van der Waals surface area contributed by atoms with Crippen LogP contribution in [0.5, 0.6) is 0 Å². The minimum absolute atomic E-state index is 0.0244. The number of aliphatic carboxylic acids is 1. The fraction of sp³-hybridized carbons (Fsp3) is 0.545. The molecule has 100 valence electrons. The van der Waals surface area contributed by atoms with Gasteiger partial charge in [-0.3, -0.25) is 9.59 Å². The molecule has 1 heterocycles. The number of thioether (sulfide) groups is 1. The predicted molar refractivity (Wildman–Crippen MR) is 72.0 cm³/mol. The Labute approximate surface area is 114 Å². The van der Waals surface area contributed by atoms with Crippen LogP contribution in [0.15, 0.2) is 9.72 Å². The molecule has 1 aromatic rings. The van der Waals surface area contributed by atoms with Crippen molar-refractivity contribution in [2.45, 2.75) is 24.6 Å². The van der Waals surface area contributed by atoms with Crippen molar-refractivity contribution in [1.29, 1.82) is 0 Å². The number of carboxylic acids is 1. The lowest BCUT2D eigenvalue weighted by atomic mass is 10.2. The first-order valence-corrected chi connectivity index (χ1v) is 7.39. The number of carbonyl (C=O) groups is 2. The third-order valence-corrected chi connectivity index (χ3v) is 3.97. The summed E-state index contributed by atoms with van der Waals surface area (Å²) in [6.45, 7) is 4.74. The third-order valence-electron chi connectivity index (χ3n) is 1.90. The van der Waals surface area contributed by atoms with Gasteiger partial charge in [0.2, 0.25) is 5.91 Å². The van der Waals surface area contributed by atoms with Crippen LogP contribution in [0.2, 0.25) is 0 Å². The summed E-state index contributed by atoms with van der Waals surface area (Å²) in [6, 6.07) is 0. The Morgan fingerprint density at radius 3 is 2.89 bits per heavy atom. The monoisotopic (exact) mass is 288 g/mol. The molecule has 0 aromatic carbocycles. The maximum atomic E-state index is 11.5. The number of carboxylic acid groups (broad SMARTS) is 1. The second-order valence-corrected chi connectivity index (χ2v) is 6.24. The van der Waals surface area contributed by atoms with Gasteiger partial charge in [-0.05, 0) is 5.92 Å². The zero-order chi connectivity index (χ0) is 13.5. The quantitative estimate of drug-likeness (QED) is 0.746. The van der Waals surface area contributed by atoms with Gasteiger partial charge in [0.1, 0.15) is 0 Å². The van der Waals surface area contributed by atoms with E-state index in [2.05, 4.69) is 10.3 Å². The highest BCUT2D eigenvalue weighted by Crippen LogP contribution is 2.22. The first-order chi connectivity index (χ1) is 8.47. The van der Waals surface area contributed by atoms with Gasteiger partial charge in [-0.25, -0.2) is 4.98 Å². The van der Waals surface area contributed by atoms with Gasteiger partial charge in [0.25, 0.3) is 0 Å². The van der Waals surface area contributed by atoms with Crippen molar-refractivity contribution in [2.24, 2.45) is 5.92 Å². The molecule has 2 N–H and O–H groups in total. The molecule has 0 aliphatic carbocycles. The largest absolute Gasteiger partial charge is 0.481 e. The molecule has 1 aromatic heterocycles. The minimum atomic E-state index is -0.897. The summed E-state index contributed by atoms with van der Waals surface area (Å²) in [4.78, 5) is 26.1. The van der Waals surface area contributed by atoms with Crippen LogP contribution in [0.3, 0.4) is 0 Å². The smallest absolute Gasteiger partial charge is 0.309 e. The van der Waals surface area contributed by atoms with Crippen molar-refractivity contribution in [1.82, 2.24) is 10.3 Å². The summed E-state index contributed by atoms with van der Waals surface area (Å²) in [5, 5.41) is 13.1. The molecule has 0 saturated heterocycles. The predicted octanol–water partition coefficient (Wildman–Crippen LogP) is 1.63. The van der Waals surface area contributed by atoms with Crippen LogP contribution < -0.4 is 5.32 Å². The second-order valence-electron chi connectivity index (χ2n) is 4.16. The molecule has 5 nitrogen and oxygen atoms in total. The molecule has 18 heavy (non-hydrogen) atoms. The van der Waals surface area contributed by atoms with Gasteiger partial charge in [0, 0.05) is 11.9 Å². The Morgan fingerprint density at radius 2 is 2.28 bits per heavy atom. The van der Waals surface area contributed by atoms with E-state index in [0.29, 0.717) is 23.9 Å². The average Bonchev–Trinajstić information content (AvgIpc) is 2.70. The molecule has 7 heteroatoms. The van der Waals surface area contributed by atoms with E-state index in [1.165, 1.54) is 23.1 Å². The number of nitrogens with one attached hydrogen (secondary N) is 1. The first kappa shape index (κ1) is 15.0. The number of carbonyl (C=O) groups excluding carboxylic acids is 1. The fourth-order valence-corrected chi connectivity index (χ4v) is 2.76. The Morgan fingerprint density at radius 1 is 1.56 bits per heavy atom. The average molecular weight is 288 g/mol. The Kier molecular flexibility index (Phi) is 6.14. The van der Waals surface area contributed by atoms with Crippen molar-refractivity contribution in [2.75, 3.05) is 12.3 Å². The summed E-state index contributed by atoms with van der Waals surface area (Å²) in [7, 11) is 0. The molecule has 0 radical (unpaired) electrons. The van der Waals surface area contributed by atoms with Gasteiger partial charge < -0.3 is 10.4 Å². The van der Waals surface area contributed by atoms with E-state index in [1.54, 1.807) is 5.38 Å². The van der Waals surface area contributed by atoms with Crippen LogP contribution in [0.1, 0.15) is 19.5 Å².